The Kier molecular flexibility index (Phi) is 11.1. The van der Waals surface area contributed by atoms with E-state index in [4.69, 9.17) is 11.6 Å². The monoisotopic (exact) mass is 790 g/mol. The zero-order chi connectivity index (χ0) is 39.7. The second-order valence-electron chi connectivity index (χ2n) is 16.7. The normalized spacial score (nSPS) is 23.1. The number of rotatable bonds is 8. The molecule has 0 bridgehead atoms. The lowest BCUT2D eigenvalue weighted by molar-refractivity contribution is -0.133. The Labute approximate surface area is 339 Å². The van der Waals surface area contributed by atoms with Gasteiger partial charge in [-0.05, 0) is 117 Å². The molecule has 13 heteroatoms. The highest BCUT2D eigenvalue weighted by molar-refractivity contribution is 6.32. The molecule has 1 spiro atoms. The molecule has 8 rings (SSSR count). The van der Waals surface area contributed by atoms with Crippen LogP contribution in [0, 0.1) is 22.7 Å². The number of halogens is 1. The van der Waals surface area contributed by atoms with Gasteiger partial charge < -0.3 is 24.9 Å². The van der Waals surface area contributed by atoms with E-state index in [1.807, 2.05) is 59.5 Å². The number of nitrogens with zero attached hydrogens (tertiary/aromatic N) is 6. The van der Waals surface area contributed by atoms with Crippen molar-refractivity contribution in [1.29, 1.82) is 5.26 Å². The second kappa shape index (κ2) is 16.4. The van der Waals surface area contributed by atoms with Gasteiger partial charge in [-0.15, -0.1) is 0 Å². The summed E-state index contributed by atoms with van der Waals surface area (Å²) < 4.78 is 0. The average molecular weight is 791 g/mol. The largest absolute Gasteiger partial charge is 0.374 e. The van der Waals surface area contributed by atoms with Gasteiger partial charge in [0.05, 0.1) is 17.1 Å². The van der Waals surface area contributed by atoms with Crippen LogP contribution in [0.3, 0.4) is 0 Å². The van der Waals surface area contributed by atoms with E-state index < -0.39 is 6.04 Å². The zero-order valence-electron chi connectivity index (χ0n) is 32.6. The number of piperazine rings is 1. The van der Waals surface area contributed by atoms with Crippen LogP contribution in [0.15, 0.2) is 66.7 Å². The topological polar surface area (TPSA) is 132 Å². The molecule has 5 heterocycles. The van der Waals surface area contributed by atoms with E-state index in [1.54, 1.807) is 4.90 Å². The highest BCUT2D eigenvalue weighted by atomic mass is 35.5. The molecule has 0 unspecified atom stereocenters. The van der Waals surface area contributed by atoms with Gasteiger partial charge in [-0.1, -0.05) is 17.7 Å². The van der Waals surface area contributed by atoms with Crippen molar-refractivity contribution in [3.8, 4) is 6.07 Å². The number of imide groups is 1. The smallest absolute Gasteiger partial charge is 0.253 e. The fraction of sp³-hybridized carbons (Fsp3) is 0.477. The molecule has 5 fully saturated rings. The molecular weight excluding hydrogens is 740 g/mol. The maximum Gasteiger partial charge on any atom is 0.253 e. The molecule has 3 aromatic carbocycles. The van der Waals surface area contributed by atoms with Crippen molar-refractivity contribution in [3.63, 3.8) is 0 Å². The third kappa shape index (κ3) is 8.46. The van der Waals surface area contributed by atoms with Crippen LogP contribution in [-0.4, -0.2) is 104 Å². The summed E-state index contributed by atoms with van der Waals surface area (Å²) in [6, 6.07) is 23.6. The number of carbonyl (C=O) groups excluding carboxylic acids is 4. The highest BCUT2D eigenvalue weighted by Gasteiger charge is 2.44. The van der Waals surface area contributed by atoms with Crippen molar-refractivity contribution < 1.29 is 19.2 Å². The minimum atomic E-state index is -0.481. The number of piperidine rings is 3. The molecule has 3 aromatic rings. The van der Waals surface area contributed by atoms with E-state index in [1.165, 1.54) is 0 Å². The van der Waals surface area contributed by atoms with Crippen LogP contribution in [0.1, 0.15) is 67.8 Å². The van der Waals surface area contributed by atoms with E-state index in [0.29, 0.717) is 61.6 Å². The Morgan fingerprint density at radius 1 is 0.912 bits per heavy atom. The van der Waals surface area contributed by atoms with Crippen LogP contribution in [0.2, 0.25) is 5.02 Å². The van der Waals surface area contributed by atoms with E-state index in [2.05, 4.69) is 50.5 Å². The maximum absolute atomic E-state index is 13.6. The SMILES string of the molecule is C[C@H]1CC2(CCN(c3ccc(C(=O)N4CCC(CN5CCN(c6cccc(N[C@H]7CCC(=O)NC7=O)c6)C(=O)C5)CC4)cc3)CC2)CN1c1ccc(C#N)c(Cl)c1. The molecule has 5 aliphatic rings. The molecule has 298 valence electrons. The summed E-state index contributed by atoms with van der Waals surface area (Å²) in [5, 5.41) is 15.4. The first-order valence-electron chi connectivity index (χ1n) is 20.4. The van der Waals surface area contributed by atoms with Gasteiger partial charge in [-0.3, -0.25) is 29.4 Å². The number of benzene rings is 3. The number of anilines is 4. The number of nitrogens with one attached hydrogen (secondary N) is 2. The number of nitriles is 1. The van der Waals surface area contributed by atoms with E-state index in [0.717, 1.165) is 93.1 Å². The van der Waals surface area contributed by atoms with Crippen molar-refractivity contribution in [2.24, 2.45) is 11.3 Å². The van der Waals surface area contributed by atoms with Gasteiger partial charge in [-0.2, -0.15) is 5.26 Å². The average Bonchev–Trinajstić information content (AvgIpc) is 3.54. The second-order valence-corrected chi connectivity index (χ2v) is 17.1. The fourth-order valence-electron chi connectivity index (χ4n) is 9.67. The van der Waals surface area contributed by atoms with Crippen LogP contribution >= 0.6 is 11.6 Å². The first kappa shape index (κ1) is 38.7. The van der Waals surface area contributed by atoms with Gasteiger partial charge in [0.25, 0.3) is 5.91 Å². The van der Waals surface area contributed by atoms with Crippen LogP contribution in [0.4, 0.5) is 22.7 Å². The molecule has 4 amide bonds. The summed E-state index contributed by atoms with van der Waals surface area (Å²) in [6.07, 6.45) is 5.92. The summed E-state index contributed by atoms with van der Waals surface area (Å²) >= 11 is 6.38. The summed E-state index contributed by atoms with van der Waals surface area (Å²) in [5.74, 6) is -0.0199. The van der Waals surface area contributed by atoms with E-state index in [-0.39, 0.29) is 29.0 Å². The molecule has 0 aromatic heterocycles. The van der Waals surface area contributed by atoms with Crippen molar-refractivity contribution in [3.05, 3.63) is 82.9 Å². The highest BCUT2D eigenvalue weighted by Crippen LogP contribution is 2.46. The Morgan fingerprint density at radius 2 is 1.67 bits per heavy atom. The standard InChI is InChI=1S/C44H51ClN8O4/c1-30-25-44(29-53(30)37-10-7-33(26-46)38(45)24-37)15-19-50(20-16-44)35-8-5-32(6-9-35)43(57)51-17-13-31(14-18-51)27-49-21-22-52(41(55)28-49)36-4-2-3-34(23-36)47-39-11-12-40(54)48-42(39)56/h2-10,23-24,30-31,39,47H,11-22,25,27-29H2,1H3,(H,48,54,56)/t30-,39-/m0/s1. The predicted octanol–water partition coefficient (Wildman–Crippen LogP) is 5.52. The van der Waals surface area contributed by atoms with Gasteiger partial charge in [0.1, 0.15) is 12.1 Å². The first-order valence-corrected chi connectivity index (χ1v) is 20.8. The lowest BCUT2D eigenvalue weighted by Gasteiger charge is -2.40. The number of likely N-dealkylation sites (tertiary alicyclic amines) is 1. The van der Waals surface area contributed by atoms with Crippen molar-refractivity contribution in [2.75, 3.05) is 78.9 Å². The Bertz CT molecular complexity index is 2050. The number of hydrogen-bond acceptors (Lipinski definition) is 9. The molecule has 0 radical (unpaired) electrons. The van der Waals surface area contributed by atoms with Crippen LogP contribution in [0.25, 0.3) is 0 Å². The van der Waals surface area contributed by atoms with Crippen LogP contribution < -0.4 is 25.3 Å². The van der Waals surface area contributed by atoms with Gasteiger partial charge in [-0.25, -0.2) is 0 Å². The van der Waals surface area contributed by atoms with Crippen molar-refractivity contribution in [2.45, 2.75) is 64.0 Å². The summed E-state index contributed by atoms with van der Waals surface area (Å²) in [4.78, 5) is 61.5. The predicted molar refractivity (Wildman–Crippen MR) is 222 cm³/mol. The minimum absolute atomic E-state index is 0.0461. The van der Waals surface area contributed by atoms with Gasteiger partial charge in [0.2, 0.25) is 17.7 Å². The van der Waals surface area contributed by atoms with Gasteiger partial charge in [0.15, 0.2) is 0 Å². The third-order valence-corrected chi connectivity index (χ3v) is 13.2. The number of carbonyl (C=O) groups is 4. The number of amides is 4. The lowest BCUT2D eigenvalue weighted by Crippen LogP contribution is -2.52. The molecule has 2 N–H and O–H groups in total. The maximum atomic E-state index is 13.6. The Morgan fingerprint density at radius 3 is 2.37 bits per heavy atom. The molecule has 12 nitrogen and oxygen atoms in total. The van der Waals surface area contributed by atoms with Crippen LogP contribution in [-0.2, 0) is 14.4 Å². The third-order valence-electron chi connectivity index (χ3n) is 12.9. The minimum Gasteiger partial charge on any atom is -0.374 e. The van der Waals surface area contributed by atoms with Gasteiger partial charge in [0, 0.05) is 93.1 Å². The molecule has 5 saturated heterocycles. The van der Waals surface area contributed by atoms with Crippen molar-refractivity contribution >= 4 is 58.0 Å². The Hall–Kier alpha value is -5.12. The summed E-state index contributed by atoms with van der Waals surface area (Å²) in [5.41, 5.74) is 5.28. The van der Waals surface area contributed by atoms with E-state index in [9.17, 15) is 24.4 Å². The van der Waals surface area contributed by atoms with Crippen LogP contribution in [0.5, 0.6) is 0 Å². The molecule has 2 atom stereocenters. The van der Waals surface area contributed by atoms with E-state index >= 15 is 0 Å². The fourth-order valence-corrected chi connectivity index (χ4v) is 9.88. The zero-order valence-corrected chi connectivity index (χ0v) is 33.3. The first-order chi connectivity index (χ1) is 27.6. The molecule has 0 aliphatic carbocycles. The molecular formula is C44H51ClN8O4. The lowest BCUT2D eigenvalue weighted by atomic mass is 9.76. The molecule has 0 saturated carbocycles. The van der Waals surface area contributed by atoms with Gasteiger partial charge >= 0.3 is 0 Å². The molecule has 57 heavy (non-hydrogen) atoms. The number of hydrogen-bond donors (Lipinski definition) is 2. The molecule has 5 aliphatic heterocycles. The van der Waals surface area contributed by atoms with Crippen molar-refractivity contribution in [1.82, 2.24) is 15.1 Å². The summed E-state index contributed by atoms with van der Waals surface area (Å²) in [6.45, 7) is 9.20. The quantitative estimate of drug-likeness (QED) is 0.284. The summed E-state index contributed by atoms with van der Waals surface area (Å²) in [7, 11) is 0. The Balaban J connectivity index is 0.775.